The number of carbonyl (C=O) groups excluding carboxylic acids is 3. The number of benzene rings is 1. The van der Waals surface area contributed by atoms with Crippen molar-refractivity contribution in [2.75, 3.05) is 20.3 Å². The fraction of sp³-hybridized carbons (Fsp3) is 0.471. The van der Waals surface area contributed by atoms with Gasteiger partial charge >= 0.3 is 12.0 Å². The topological polar surface area (TPSA) is 103 Å². The molecule has 0 aromatic heterocycles. The Hall–Kier alpha value is -2.48. The van der Waals surface area contributed by atoms with Crippen molar-refractivity contribution >= 4 is 29.5 Å². The number of carbonyl (C=O) groups is 3. The fourth-order valence-corrected chi connectivity index (χ4v) is 2.12. The van der Waals surface area contributed by atoms with E-state index in [9.17, 15) is 14.4 Å². The van der Waals surface area contributed by atoms with Gasteiger partial charge in [0.2, 0.25) is 0 Å². The SMILES string of the molecule is CCCOc1c(Cl)cc(C(=O)OC(C)C(=O)NC(=O)NC)cc1OCC. The van der Waals surface area contributed by atoms with E-state index in [2.05, 4.69) is 5.32 Å². The highest BCUT2D eigenvalue weighted by atomic mass is 35.5. The van der Waals surface area contributed by atoms with Crippen LogP contribution in [-0.4, -0.2) is 44.3 Å². The van der Waals surface area contributed by atoms with Gasteiger partial charge in [-0.15, -0.1) is 0 Å². The standard InChI is InChI=1S/C17H23ClN2O6/c1-5-7-25-14-12(18)8-11(9-13(14)24-6-2)16(22)26-10(3)15(21)20-17(23)19-4/h8-10H,5-7H2,1-4H3,(H2,19,20,21,23). The molecule has 0 fully saturated rings. The molecule has 2 N–H and O–H groups in total. The van der Waals surface area contributed by atoms with Gasteiger partial charge in [-0.25, -0.2) is 9.59 Å². The minimum absolute atomic E-state index is 0.0990. The van der Waals surface area contributed by atoms with Crippen LogP contribution in [0.2, 0.25) is 5.02 Å². The summed E-state index contributed by atoms with van der Waals surface area (Å²) in [5.74, 6) is -0.883. The van der Waals surface area contributed by atoms with Gasteiger partial charge in [0, 0.05) is 7.05 Å². The lowest BCUT2D eigenvalue weighted by Gasteiger charge is -2.16. The van der Waals surface area contributed by atoms with Crippen LogP contribution in [-0.2, 0) is 9.53 Å². The molecule has 9 heteroatoms. The molecule has 0 spiro atoms. The molecule has 3 amide bonds. The van der Waals surface area contributed by atoms with Crippen LogP contribution in [0.4, 0.5) is 4.79 Å². The summed E-state index contributed by atoms with van der Waals surface area (Å²) in [7, 11) is 1.36. The van der Waals surface area contributed by atoms with Crippen LogP contribution in [0.5, 0.6) is 11.5 Å². The summed E-state index contributed by atoms with van der Waals surface area (Å²) in [6.45, 7) is 5.88. The Morgan fingerprint density at radius 3 is 2.46 bits per heavy atom. The summed E-state index contributed by atoms with van der Waals surface area (Å²) >= 11 is 6.19. The first kappa shape index (κ1) is 21.6. The van der Waals surface area contributed by atoms with Crippen LogP contribution in [0, 0.1) is 0 Å². The third-order valence-corrected chi connectivity index (χ3v) is 3.39. The Morgan fingerprint density at radius 2 is 1.88 bits per heavy atom. The Kier molecular flexibility index (Phi) is 8.71. The van der Waals surface area contributed by atoms with Crippen LogP contribution in [0.15, 0.2) is 12.1 Å². The van der Waals surface area contributed by atoms with Gasteiger partial charge in [-0.1, -0.05) is 18.5 Å². The van der Waals surface area contributed by atoms with E-state index in [1.807, 2.05) is 12.2 Å². The van der Waals surface area contributed by atoms with Crippen molar-refractivity contribution in [3.05, 3.63) is 22.7 Å². The second kappa shape index (κ2) is 10.5. The summed E-state index contributed by atoms with van der Waals surface area (Å²) in [6, 6.07) is 2.12. The lowest BCUT2D eigenvalue weighted by molar-refractivity contribution is -0.127. The second-order valence-corrected chi connectivity index (χ2v) is 5.59. The molecule has 0 aliphatic rings. The maximum absolute atomic E-state index is 12.3. The maximum atomic E-state index is 12.3. The zero-order chi connectivity index (χ0) is 19.7. The van der Waals surface area contributed by atoms with Crippen molar-refractivity contribution in [3.8, 4) is 11.5 Å². The van der Waals surface area contributed by atoms with Gasteiger partial charge < -0.3 is 19.5 Å². The molecular weight excluding hydrogens is 364 g/mol. The molecule has 1 aromatic rings. The summed E-state index contributed by atoms with van der Waals surface area (Å²) in [6.07, 6.45) is -0.394. The number of nitrogens with one attached hydrogen (secondary N) is 2. The zero-order valence-corrected chi connectivity index (χ0v) is 15.9. The summed E-state index contributed by atoms with van der Waals surface area (Å²) < 4.78 is 16.1. The number of imide groups is 1. The quantitative estimate of drug-likeness (QED) is 0.665. The third kappa shape index (κ3) is 6.11. The lowest BCUT2D eigenvalue weighted by Crippen LogP contribution is -2.43. The predicted octanol–water partition coefficient (Wildman–Crippen LogP) is 2.53. The first-order chi connectivity index (χ1) is 12.3. The van der Waals surface area contributed by atoms with Crippen LogP contribution >= 0.6 is 11.6 Å². The fourth-order valence-electron chi connectivity index (χ4n) is 1.85. The number of esters is 1. The van der Waals surface area contributed by atoms with E-state index in [0.29, 0.717) is 24.7 Å². The second-order valence-electron chi connectivity index (χ2n) is 5.18. The highest BCUT2D eigenvalue weighted by molar-refractivity contribution is 6.32. The number of halogens is 1. The summed E-state index contributed by atoms with van der Waals surface area (Å²) in [5, 5.41) is 4.45. The third-order valence-electron chi connectivity index (χ3n) is 3.11. The molecule has 1 atom stereocenters. The molecule has 0 radical (unpaired) electrons. The molecule has 0 saturated carbocycles. The Morgan fingerprint density at radius 1 is 1.19 bits per heavy atom. The molecular formula is C17H23ClN2O6. The van der Waals surface area contributed by atoms with Gasteiger partial charge in [0.25, 0.3) is 5.91 Å². The van der Waals surface area contributed by atoms with Crippen molar-refractivity contribution in [1.29, 1.82) is 0 Å². The smallest absolute Gasteiger partial charge is 0.339 e. The molecule has 1 aromatic carbocycles. The largest absolute Gasteiger partial charge is 0.490 e. The van der Waals surface area contributed by atoms with E-state index < -0.39 is 24.0 Å². The number of hydrogen-bond acceptors (Lipinski definition) is 6. The van der Waals surface area contributed by atoms with Gasteiger partial charge in [-0.05, 0) is 32.4 Å². The summed E-state index contributed by atoms with van der Waals surface area (Å²) in [4.78, 5) is 35.2. The van der Waals surface area contributed by atoms with Gasteiger partial charge in [0.05, 0.1) is 23.8 Å². The van der Waals surface area contributed by atoms with E-state index in [1.165, 1.54) is 26.1 Å². The van der Waals surface area contributed by atoms with Crippen molar-refractivity contribution in [1.82, 2.24) is 10.6 Å². The van der Waals surface area contributed by atoms with E-state index in [-0.39, 0.29) is 10.6 Å². The highest BCUT2D eigenvalue weighted by Gasteiger charge is 2.23. The molecule has 0 aliphatic carbocycles. The number of hydrogen-bond donors (Lipinski definition) is 2. The monoisotopic (exact) mass is 386 g/mol. The van der Waals surface area contributed by atoms with Crippen molar-refractivity contribution in [3.63, 3.8) is 0 Å². The maximum Gasteiger partial charge on any atom is 0.339 e. The van der Waals surface area contributed by atoms with E-state index in [1.54, 1.807) is 6.92 Å². The van der Waals surface area contributed by atoms with Gasteiger partial charge in [-0.3, -0.25) is 10.1 Å². The number of rotatable bonds is 8. The molecule has 0 saturated heterocycles. The number of amides is 3. The van der Waals surface area contributed by atoms with Crippen LogP contribution in [0.1, 0.15) is 37.6 Å². The van der Waals surface area contributed by atoms with Crippen molar-refractivity contribution < 1.29 is 28.6 Å². The highest BCUT2D eigenvalue weighted by Crippen LogP contribution is 2.37. The number of ether oxygens (including phenoxy) is 3. The first-order valence-corrected chi connectivity index (χ1v) is 8.54. The molecule has 8 nitrogen and oxygen atoms in total. The first-order valence-electron chi connectivity index (χ1n) is 8.16. The molecule has 144 valence electrons. The van der Waals surface area contributed by atoms with Crippen molar-refractivity contribution in [2.45, 2.75) is 33.3 Å². The molecule has 1 rings (SSSR count). The number of urea groups is 1. The lowest BCUT2D eigenvalue weighted by atomic mass is 10.2. The van der Waals surface area contributed by atoms with E-state index in [4.69, 9.17) is 25.8 Å². The Labute approximate surface area is 157 Å². The van der Waals surface area contributed by atoms with Crippen LogP contribution < -0.4 is 20.1 Å². The zero-order valence-electron chi connectivity index (χ0n) is 15.2. The average molecular weight is 387 g/mol. The predicted molar refractivity (Wildman–Crippen MR) is 95.9 cm³/mol. The molecule has 0 heterocycles. The molecule has 1 unspecified atom stereocenters. The van der Waals surface area contributed by atoms with E-state index >= 15 is 0 Å². The van der Waals surface area contributed by atoms with Gasteiger partial charge in [-0.2, -0.15) is 0 Å². The normalized spacial score (nSPS) is 11.3. The van der Waals surface area contributed by atoms with Gasteiger partial charge in [0.1, 0.15) is 0 Å². The van der Waals surface area contributed by atoms with Crippen molar-refractivity contribution in [2.24, 2.45) is 0 Å². The Balaban J connectivity index is 2.94. The Bertz CT molecular complexity index is 665. The minimum atomic E-state index is -1.18. The minimum Gasteiger partial charge on any atom is -0.490 e. The molecule has 26 heavy (non-hydrogen) atoms. The van der Waals surface area contributed by atoms with E-state index in [0.717, 1.165) is 6.42 Å². The summed E-state index contributed by atoms with van der Waals surface area (Å²) in [5.41, 5.74) is 0.0990. The van der Waals surface area contributed by atoms with Crippen LogP contribution in [0.25, 0.3) is 0 Å². The molecule has 0 aliphatic heterocycles. The van der Waals surface area contributed by atoms with Crippen LogP contribution in [0.3, 0.4) is 0 Å². The average Bonchev–Trinajstić information content (AvgIpc) is 2.60. The van der Waals surface area contributed by atoms with Gasteiger partial charge in [0.15, 0.2) is 17.6 Å². The molecule has 0 bridgehead atoms.